The van der Waals surface area contributed by atoms with Crippen LogP contribution in [-0.2, 0) is 0 Å². The lowest BCUT2D eigenvalue weighted by molar-refractivity contribution is 0.0766. The first-order valence-electron chi connectivity index (χ1n) is 5.64. The molecule has 0 aliphatic carbocycles. The summed E-state index contributed by atoms with van der Waals surface area (Å²) in [4.78, 5) is 17.0. The van der Waals surface area contributed by atoms with Gasteiger partial charge in [0.25, 0.3) is 5.91 Å². The van der Waals surface area contributed by atoms with Crippen molar-refractivity contribution in [3.8, 4) is 5.69 Å². The number of aliphatic hydroxyl groups is 1. The van der Waals surface area contributed by atoms with E-state index in [1.807, 2.05) is 0 Å². The number of hydrogen-bond donors (Lipinski definition) is 1. The number of carbonyl (C=O) groups excluding carboxylic acids is 1. The summed E-state index contributed by atoms with van der Waals surface area (Å²) >= 11 is 0. The first-order chi connectivity index (χ1) is 9.13. The summed E-state index contributed by atoms with van der Waals surface area (Å²) < 4.78 is 15.2. The second-order valence-electron chi connectivity index (χ2n) is 3.96. The van der Waals surface area contributed by atoms with Gasteiger partial charge in [-0.3, -0.25) is 4.79 Å². The van der Waals surface area contributed by atoms with E-state index in [0.717, 1.165) is 6.07 Å². The number of benzene rings is 1. The summed E-state index contributed by atoms with van der Waals surface area (Å²) in [7, 11) is 1.54. The Balaban J connectivity index is 2.26. The molecule has 1 N–H and O–H groups in total. The van der Waals surface area contributed by atoms with Crippen molar-refractivity contribution in [3.63, 3.8) is 0 Å². The Hall–Kier alpha value is -2.28. The van der Waals surface area contributed by atoms with E-state index in [2.05, 4.69) is 10.1 Å². The van der Waals surface area contributed by atoms with Crippen LogP contribution in [0.5, 0.6) is 0 Å². The van der Waals surface area contributed by atoms with Gasteiger partial charge in [0.1, 0.15) is 24.2 Å². The van der Waals surface area contributed by atoms with Crippen molar-refractivity contribution in [2.45, 2.75) is 0 Å². The second kappa shape index (κ2) is 5.57. The highest BCUT2D eigenvalue weighted by Crippen LogP contribution is 2.15. The van der Waals surface area contributed by atoms with Crippen LogP contribution in [0.3, 0.4) is 0 Å². The molecule has 1 aromatic carbocycles. The fourth-order valence-electron chi connectivity index (χ4n) is 1.63. The molecule has 1 amide bonds. The molecule has 0 unspecified atom stereocenters. The van der Waals surface area contributed by atoms with E-state index < -0.39 is 5.82 Å². The molecule has 0 radical (unpaired) electrons. The van der Waals surface area contributed by atoms with Crippen LogP contribution in [0.15, 0.2) is 30.9 Å². The summed E-state index contributed by atoms with van der Waals surface area (Å²) in [6, 6.07) is 4.12. The molecule has 2 rings (SSSR count). The Morgan fingerprint density at radius 3 is 2.89 bits per heavy atom. The average Bonchev–Trinajstić information content (AvgIpc) is 2.91. The summed E-state index contributed by atoms with van der Waals surface area (Å²) in [6.45, 7) is 0.0625. The molecule has 0 aliphatic rings. The predicted molar refractivity (Wildman–Crippen MR) is 65.4 cm³/mol. The quantitative estimate of drug-likeness (QED) is 0.871. The van der Waals surface area contributed by atoms with Gasteiger partial charge in [0.2, 0.25) is 0 Å². The van der Waals surface area contributed by atoms with Gasteiger partial charge in [0.15, 0.2) is 0 Å². The van der Waals surface area contributed by atoms with Gasteiger partial charge in [-0.2, -0.15) is 5.10 Å². The maximum atomic E-state index is 13.9. The molecule has 2 aromatic rings. The maximum Gasteiger partial charge on any atom is 0.253 e. The molecule has 0 saturated heterocycles. The Morgan fingerprint density at radius 1 is 1.53 bits per heavy atom. The Bertz CT molecular complexity index is 571. The molecule has 1 heterocycles. The van der Waals surface area contributed by atoms with E-state index in [1.165, 1.54) is 34.4 Å². The minimum absolute atomic E-state index is 0.137. The number of halogens is 1. The first kappa shape index (κ1) is 13.2. The van der Waals surface area contributed by atoms with E-state index >= 15 is 0 Å². The number of hydrogen-bond acceptors (Lipinski definition) is 4. The third-order valence-electron chi connectivity index (χ3n) is 2.64. The van der Waals surface area contributed by atoms with Gasteiger partial charge >= 0.3 is 0 Å². The topological polar surface area (TPSA) is 71.2 Å². The predicted octanol–water partition coefficient (Wildman–Crippen LogP) is 0.471. The lowest BCUT2D eigenvalue weighted by Gasteiger charge is -2.16. The van der Waals surface area contributed by atoms with E-state index in [4.69, 9.17) is 5.11 Å². The number of rotatable bonds is 4. The normalized spacial score (nSPS) is 10.5. The van der Waals surface area contributed by atoms with Gasteiger partial charge in [0.05, 0.1) is 6.61 Å². The fourth-order valence-corrected chi connectivity index (χ4v) is 1.63. The Kier molecular flexibility index (Phi) is 3.86. The van der Waals surface area contributed by atoms with Crippen molar-refractivity contribution in [3.05, 3.63) is 42.2 Å². The largest absolute Gasteiger partial charge is 0.395 e. The molecule has 0 aliphatic heterocycles. The molecule has 0 atom stereocenters. The molecule has 0 saturated carbocycles. The highest BCUT2D eigenvalue weighted by atomic mass is 19.1. The second-order valence-corrected chi connectivity index (χ2v) is 3.96. The van der Waals surface area contributed by atoms with Crippen LogP contribution in [0.2, 0.25) is 0 Å². The van der Waals surface area contributed by atoms with Crippen LogP contribution in [-0.4, -0.2) is 50.9 Å². The molecule has 0 bridgehead atoms. The molecule has 1 aromatic heterocycles. The van der Waals surface area contributed by atoms with Crippen molar-refractivity contribution in [1.82, 2.24) is 19.7 Å². The first-order valence-corrected chi connectivity index (χ1v) is 5.64. The van der Waals surface area contributed by atoms with E-state index in [9.17, 15) is 9.18 Å². The van der Waals surface area contributed by atoms with Crippen LogP contribution in [0.1, 0.15) is 10.4 Å². The van der Waals surface area contributed by atoms with Crippen LogP contribution >= 0.6 is 0 Å². The number of amides is 1. The molecule has 0 fully saturated rings. The monoisotopic (exact) mass is 264 g/mol. The van der Waals surface area contributed by atoms with Crippen molar-refractivity contribution >= 4 is 5.91 Å². The molecule has 19 heavy (non-hydrogen) atoms. The summed E-state index contributed by atoms with van der Waals surface area (Å²) in [5, 5.41) is 12.6. The molecule has 7 heteroatoms. The van der Waals surface area contributed by atoms with Crippen molar-refractivity contribution in [2.75, 3.05) is 20.2 Å². The fraction of sp³-hybridized carbons (Fsp3) is 0.250. The Labute approximate surface area is 109 Å². The van der Waals surface area contributed by atoms with Crippen LogP contribution in [0.25, 0.3) is 5.69 Å². The van der Waals surface area contributed by atoms with Crippen molar-refractivity contribution < 1.29 is 14.3 Å². The van der Waals surface area contributed by atoms with Gasteiger partial charge in [0, 0.05) is 19.2 Å². The minimum Gasteiger partial charge on any atom is -0.395 e. The number of aromatic nitrogens is 3. The average molecular weight is 264 g/mol. The number of nitrogens with zero attached hydrogens (tertiary/aromatic N) is 4. The number of carbonyl (C=O) groups is 1. The summed E-state index contributed by atoms with van der Waals surface area (Å²) in [6.07, 6.45) is 2.67. The smallest absolute Gasteiger partial charge is 0.253 e. The zero-order valence-electron chi connectivity index (χ0n) is 10.3. The van der Waals surface area contributed by atoms with E-state index in [0.29, 0.717) is 0 Å². The third-order valence-corrected chi connectivity index (χ3v) is 2.64. The lowest BCUT2D eigenvalue weighted by Crippen LogP contribution is -2.29. The molecule has 100 valence electrons. The van der Waals surface area contributed by atoms with Gasteiger partial charge < -0.3 is 10.0 Å². The molecular formula is C12H13FN4O2. The highest BCUT2D eigenvalue weighted by molar-refractivity contribution is 5.94. The molecule has 0 spiro atoms. The van der Waals surface area contributed by atoms with Gasteiger partial charge in [-0.15, -0.1) is 0 Å². The van der Waals surface area contributed by atoms with Crippen LogP contribution in [0, 0.1) is 5.82 Å². The summed E-state index contributed by atoms with van der Waals surface area (Å²) in [5.74, 6) is -0.910. The Morgan fingerprint density at radius 2 is 2.32 bits per heavy atom. The number of likely N-dealkylation sites (N-methyl/N-ethyl adjacent to an activating group) is 1. The summed E-state index contributed by atoms with van der Waals surface area (Å²) in [5.41, 5.74) is 0.441. The van der Waals surface area contributed by atoms with Crippen LogP contribution in [0.4, 0.5) is 4.39 Å². The minimum atomic E-state index is -0.561. The van der Waals surface area contributed by atoms with Gasteiger partial charge in [-0.05, 0) is 18.2 Å². The van der Waals surface area contributed by atoms with Crippen molar-refractivity contribution in [2.24, 2.45) is 0 Å². The maximum absolute atomic E-state index is 13.9. The van der Waals surface area contributed by atoms with Crippen LogP contribution < -0.4 is 0 Å². The van der Waals surface area contributed by atoms with Crippen molar-refractivity contribution in [1.29, 1.82) is 0 Å². The molecular weight excluding hydrogens is 251 g/mol. The SMILES string of the molecule is CN(CCO)C(=O)c1ccc(-n2cncn2)c(F)c1. The van der Waals surface area contributed by atoms with Gasteiger partial charge in [-0.25, -0.2) is 14.1 Å². The molecule has 6 nitrogen and oxygen atoms in total. The zero-order chi connectivity index (χ0) is 13.8. The standard InChI is InChI=1S/C12H13FN4O2/c1-16(4-5-18)12(19)9-2-3-11(10(13)6-9)17-8-14-7-15-17/h2-3,6-8,18H,4-5H2,1H3. The van der Waals surface area contributed by atoms with E-state index in [1.54, 1.807) is 7.05 Å². The van der Waals surface area contributed by atoms with E-state index in [-0.39, 0.29) is 30.3 Å². The third kappa shape index (κ3) is 2.76. The highest BCUT2D eigenvalue weighted by Gasteiger charge is 2.14. The zero-order valence-corrected chi connectivity index (χ0v) is 10.3. The lowest BCUT2D eigenvalue weighted by atomic mass is 10.1. The van der Waals surface area contributed by atoms with Gasteiger partial charge in [-0.1, -0.05) is 0 Å². The number of aliphatic hydroxyl groups excluding tert-OH is 1.